The van der Waals surface area contributed by atoms with Crippen LogP contribution in [0.2, 0.25) is 10.0 Å². The van der Waals surface area contributed by atoms with Crippen molar-refractivity contribution in [2.24, 2.45) is 0 Å². The first-order chi connectivity index (χ1) is 8.16. The summed E-state index contributed by atoms with van der Waals surface area (Å²) in [4.78, 5) is 14.3. The fourth-order valence-electron chi connectivity index (χ4n) is 1.76. The SMILES string of the molecule is O=C(CN1CCSCC1)c1cc(Cl)ccc1Cl. The molecule has 1 aliphatic heterocycles. The molecule has 0 N–H and O–H groups in total. The molecule has 5 heteroatoms. The summed E-state index contributed by atoms with van der Waals surface area (Å²) < 4.78 is 0. The zero-order valence-corrected chi connectivity index (χ0v) is 11.6. The van der Waals surface area contributed by atoms with Gasteiger partial charge in [0.15, 0.2) is 5.78 Å². The lowest BCUT2D eigenvalue weighted by molar-refractivity contribution is 0.0937. The maximum atomic E-state index is 12.1. The highest BCUT2D eigenvalue weighted by Gasteiger charge is 2.17. The molecule has 0 aromatic heterocycles. The highest BCUT2D eigenvalue weighted by atomic mass is 35.5. The number of benzene rings is 1. The predicted octanol–water partition coefficient (Wildman–Crippen LogP) is 3.22. The van der Waals surface area contributed by atoms with Crippen LogP contribution in [0.25, 0.3) is 0 Å². The summed E-state index contributed by atoms with van der Waals surface area (Å²) in [5.74, 6) is 2.23. The van der Waals surface area contributed by atoms with Gasteiger partial charge in [-0.05, 0) is 18.2 Å². The second kappa shape index (κ2) is 6.10. The van der Waals surface area contributed by atoms with E-state index in [4.69, 9.17) is 23.2 Å². The summed E-state index contributed by atoms with van der Waals surface area (Å²) in [6, 6.07) is 5.01. The van der Waals surface area contributed by atoms with Crippen molar-refractivity contribution in [2.75, 3.05) is 31.1 Å². The van der Waals surface area contributed by atoms with E-state index in [0.717, 1.165) is 24.6 Å². The molecular formula is C12H13Cl2NOS. The summed E-state index contributed by atoms with van der Waals surface area (Å²) in [5.41, 5.74) is 0.525. The van der Waals surface area contributed by atoms with Gasteiger partial charge >= 0.3 is 0 Å². The molecule has 0 unspecified atom stereocenters. The van der Waals surface area contributed by atoms with Crippen LogP contribution in [0, 0.1) is 0 Å². The molecule has 0 amide bonds. The molecular weight excluding hydrogens is 277 g/mol. The van der Waals surface area contributed by atoms with Crippen LogP contribution < -0.4 is 0 Å². The quantitative estimate of drug-likeness (QED) is 0.797. The second-order valence-electron chi connectivity index (χ2n) is 3.94. The largest absolute Gasteiger partial charge is 0.294 e. The third kappa shape index (κ3) is 3.62. The summed E-state index contributed by atoms with van der Waals surface area (Å²) in [7, 11) is 0. The molecule has 0 bridgehead atoms. The van der Waals surface area contributed by atoms with Gasteiger partial charge in [-0.1, -0.05) is 23.2 Å². The Morgan fingerprint density at radius 1 is 1.29 bits per heavy atom. The molecule has 1 saturated heterocycles. The Morgan fingerprint density at radius 3 is 2.71 bits per heavy atom. The minimum absolute atomic E-state index is 0.0457. The van der Waals surface area contributed by atoms with Gasteiger partial charge in [-0.15, -0.1) is 0 Å². The van der Waals surface area contributed by atoms with Crippen LogP contribution in [0.15, 0.2) is 18.2 Å². The van der Waals surface area contributed by atoms with Gasteiger partial charge in [0.1, 0.15) is 0 Å². The number of hydrogen-bond donors (Lipinski definition) is 0. The third-order valence-electron chi connectivity index (χ3n) is 2.70. The molecule has 2 rings (SSSR count). The van der Waals surface area contributed by atoms with Crippen LogP contribution in [0.3, 0.4) is 0 Å². The highest BCUT2D eigenvalue weighted by Crippen LogP contribution is 2.21. The van der Waals surface area contributed by atoms with Crippen molar-refractivity contribution in [1.29, 1.82) is 0 Å². The fourth-order valence-corrected chi connectivity index (χ4v) is 3.13. The first kappa shape index (κ1) is 13.2. The zero-order chi connectivity index (χ0) is 12.3. The number of ketones is 1. The van der Waals surface area contributed by atoms with Gasteiger partial charge in [0.2, 0.25) is 0 Å². The van der Waals surface area contributed by atoms with Crippen LogP contribution in [-0.2, 0) is 0 Å². The average Bonchev–Trinajstić information content (AvgIpc) is 2.33. The number of halogens is 2. The summed E-state index contributed by atoms with van der Waals surface area (Å²) >= 11 is 13.8. The smallest absolute Gasteiger partial charge is 0.178 e. The number of rotatable bonds is 3. The summed E-state index contributed by atoms with van der Waals surface area (Å²) in [6.07, 6.45) is 0. The Balaban J connectivity index is 2.05. The molecule has 1 aliphatic rings. The molecule has 1 fully saturated rings. The van der Waals surface area contributed by atoms with E-state index in [2.05, 4.69) is 4.90 Å². The van der Waals surface area contributed by atoms with Crippen molar-refractivity contribution in [1.82, 2.24) is 4.90 Å². The Morgan fingerprint density at radius 2 is 2.00 bits per heavy atom. The molecule has 17 heavy (non-hydrogen) atoms. The van der Waals surface area contributed by atoms with Crippen molar-refractivity contribution in [3.05, 3.63) is 33.8 Å². The van der Waals surface area contributed by atoms with Crippen molar-refractivity contribution in [2.45, 2.75) is 0 Å². The number of thioether (sulfide) groups is 1. The average molecular weight is 290 g/mol. The molecule has 1 aromatic carbocycles. The van der Waals surface area contributed by atoms with E-state index in [1.807, 2.05) is 11.8 Å². The van der Waals surface area contributed by atoms with Gasteiger partial charge in [-0.2, -0.15) is 11.8 Å². The van der Waals surface area contributed by atoms with E-state index in [9.17, 15) is 4.79 Å². The Bertz CT molecular complexity index is 419. The van der Waals surface area contributed by atoms with Gasteiger partial charge < -0.3 is 0 Å². The minimum Gasteiger partial charge on any atom is -0.294 e. The number of carbonyl (C=O) groups is 1. The Labute approximate surface area is 115 Å². The van der Waals surface area contributed by atoms with Crippen LogP contribution in [0.5, 0.6) is 0 Å². The van der Waals surface area contributed by atoms with Crippen molar-refractivity contribution >= 4 is 40.7 Å². The van der Waals surface area contributed by atoms with Gasteiger partial charge in [0, 0.05) is 35.2 Å². The predicted molar refractivity (Wildman–Crippen MR) is 74.6 cm³/mol. The third-order valence-corrected chi connectivity index (χ3v) is 4.21. The Kier molecular flexibility index (Phi) is 4.74. The molecule has 2 nitrogen and oxygen atoms in total. The first-order valence-corrected chi connectivity index (χ1v) is 7.36. The van der Waals surface area contributed by atoms with Gasteiger partial charge in [0.05, 0.1) is 11.6 Å². The van der Waals surface area contributed by atoms with Crippen molar-refractivity contribution in [3.63, 3.8) is 0 Å². The molecule has 1 heterocycles. The number of carbonyl (C=O) groups excluding carboxylic acids is 1. The lowest BCUT2D eigenvalue weighted by atomic mass is 10.1. The van der Waals surface area contributed by atoms with E-state index in [1.54, 1.807) is 18.2 Å². The van der Waals surface area contributed by atoms with Crippen LogP contribution in [0.1, 0.15) is 10.4 Å². The van der Waals surface area contributed by atoms with Gasteiger partial charge in [-0.25, -0.2) is 0 Å². The second-order valence-corrected chi connectivity index (χ2v) is 6.00. The van der Waals surface area contributed by atoms with Crippen molar-refractivity contribution in [3.8, 4) is 0 Å². The summed E-state index contributed by atoms with van der Waals surface area (Å²) in [5, 5.41) is 1.03. The minimum atomic E-state index is 0.0457. The molecule has 0 atom stereocenters. The highest BCUT2D eigenvalue weighted by molar-refractivity contribution is 7.99. The van der Waals surface area contributed by atoms with Gasteiger partial charge in [-0.3, -0.25) is 9.69 Å². The normalized spacial score (nSPS) is 17.1. The van der Waals surface area contributed by atoms with E-state index < -0.39 is 0 Å². The van der Waals surface area contributed by atoms with E-state index >= 15 is 0 Å². The molecule has 92 valence electrons. The Hall–Kier alpha value is -0.220. The van der Waals surface area contributed by atoms with E-state index in [1.165, 1.54) is 0 Å². The van der Waals surface area contributed by atoms with E-state index in [-0.39, 0.29) is 5.78 Å². The standard InChI is InChI=1S/C12H13Cl2NOS/c13-9-1-2-11(14)10(7-9)12(16)8-15-3-5-17-6-4-15/h1-2,7H,3-6,8H2. The van der Waals surface area contributed by atoms with Gasteiger partial charge in [0.25, 0.3) is 0 Å². The van der Waals surface area contributed by atoms with Crippen LogP contribution >= 0.6 is 35.0 Å². The number of nitrogens with zero attached hydrogens (tertiary/aromatic N) is 1. The lowest BCUT2D eigenvalue weighted by Crippen LogP contribution is -2.36. The maximum Gasteiger partial charge on any atom is 0.178 e. The number of Topliss-reactive ketones (excluding diaryl/α,β-unsaturated/α-hetero) is 1. The first-order valence-electron chi connectivity index (χ1n) is 5.45. The number of hydrogen-bond acceptors (Lipinski definition) is 3. The maximum absolute atomic E-state index is 12.1. The van der Waals surface area contributed by atoms with E-state index in [0.29, 0.717) is 22.2 Å². The molecule has 0 saturated carbocycles. The summed E-state index contributed by atoms with van der Waals surface area (Å²) in [6.45, 7) is 2.36. The van der Waals surface area contributed by atoms with Crippen LogP contribution in [0.4, 0.5) is 0 Å². The topological polar surface area (TPSA) is 20.3 Å². The lowest BCUT2D eigenvalue weighted by Gasteiger charge is -2.25. The molecule has 0 aliphatic carbocycles. The van der Waals surface area contributed by atoms with Crippen molar-refractivity contribution < 1.29 is 4.79 Å². The zero-order valence-electron chi connectivity index (χ0n) is 9.29. The van der Waals surface area contributed by atoms with Crippen LogP contribution in [-0.4, -0.2) is 41.8 Å². The molecule has 1 aromatic rings. The molecule has 0 spiro atoms. The monoisotopic (exact) mass is 289 g/mol. The fraction of sp³-hybridized carbons (Fsp3) is 0.417. The molecule has 0 radical (unpaired) electrons.